The maximum absolute atomic E-state index is 12.5. The van der Waals surface area contributed by atoms with E-state index < -0.39 is 0 Å². The molecule has 3 aromatic rings. The highest BCUT2D eigenvalue weighted by atomic mass is 79.9. The fraction of sp³-hybridized carbons (Fsp3) is 0.120. The first-order valence-electron chi connectivity index (χ1n) is 10.3. The number of aliphatic imine (C=N–C) groups is 1. The number of carbonyl (C=O) groups is 1. The molecule has 1 N–H and O–H groups in total. The molecule has 1 fully saturated rings. The first kappa shape index (κ1) is 24.7. The predicted octanol–water partition coefficient (Wildman–Crippen LogP) is 7.63. The van der Waals surface area contributed by atoms with Gasteiger partial charge in [0.1, 0.15) is 6.61 Å². The lowest BCUT2D eigenvalue weighted by atomic mass is 10.1. The van der Waals surface area contributed by atoms with Crippen LogP contribution in [0.25, 0.3) is 6.08 Å². The Morgan fingerprint density at radius 2 is 1.88 bits per heavy atom. The van der Waals surface area contributed by atoms with Crippen LogP contribution < -0.4 is 14.8 Å². The number of amidine groups is 1. The van der Waals surface area contributed by atoms with Crippen molar-refractivity contribution in [2.24, 2.45) is 4.99 Å². The number of ether oxygens (including phenoxy) is 2. The van der Waals surface area contributed by atoms with Crippen LogP contribution in [0.15, 0.2) is 75.0 Å². The Bertz CT molecular complexity index is 1280. The average molecular weight is 578 g/mol. The van der Waals surface area contributed by atoms with Gasteiger partial charge in [-0.05, 0) is 82.7 Å². The number of carbonyl (C=O) groups excluding carboxylic acids is 1. The summed E-state index contributed by atoms with van der Waals surface area (Å²) >= 11 is 17.1. The number of rotatable bonds is 7. The summed E-state index contributed by atoms with van der Waals surface area (Å²) in [6, 6.07) is 18.4. The lowest BCUT2D eigenvalue weighted by molar-refractivity contribution is -0.115. The maximum atomic E-state index is 12.5. The summed E-state index contributed by atoms with van der Waals surface area (Å²) in [6.45, 7) is 2.59. The molecule has 1 aliphatic heterocycles. The van der Waals surface area contributed by atoms with Gasteiger partial charge in [-0.25, -0.2) is 4.99 Å². The first-order valence-corrected chi connectivity index (χ1v) is 12.7. The number of hydrogen-bond donors (Lipinski definition) is 1. The van der Waals surface area contributed by atoms with Gasteiger partial charge in [0, 0.05) is 15.6 Å². The molecule has 1 saturated heterocycles. The Kier molecular flexibility index (Phi) is 8.21. The first-order chi connectivity index (χ1) is 16.4. The van der Waals surface area contributed by atoms with E-state index in [0.717, 1.165) is 16.8 Å². The summed E-state index contributed by atoms with van der Waals surface area (Å²) < 4.78 is 12.5. The topological polar surface area (TPSA) is 59.9 Å². The summed E-state index contributed by atoms with van der Waals surface area (Å²) in [5, 5.41) is 4.43. The molecule has 1 heterocycles. The molecule has 0 aliphatic carbocycles. The van der Waals surface area contributed by atoms with Crippen molar-refractivity contribution in [3.8, 4) is 11.5 Å². The van der Waals surface area contributed by atoms with Crippen molar-refractivity contribution in [3.63, 3.8) is 0 Å². The molecule has 5 nitrogen and oxygen atoms in total. The van der Waals surface area contributed by atoms with Crippen molar-refractivity contribution in [1.29, 1.82) is 0 Å². The molecule has 4 rings (SSSR count). The molecule has 0 unspecified atom stereocenters. The Balaban J connectivity index is 1.56. The highest BCUT2D eigenvalue weighted by Crippen LogP contribution is 2.39. The smallest absolute Gasteiger partial charge is 0.264 e. The van der Waals surface area contributed by atoms with Crippen molar-refractivity contribution >= 4 is 73.7 Å². The molecule has 9 heteroatoms. The van der Waals surface area contributed by atoms with Crippen LogP contribution in [0.2, 0.25) is 10.0 Å². The number of amides is 1. The summed E-state index contributed by atoms with van der Waals surface area (Å²) in [5.41, 5.74) is 2.36. The fourth-order valence-corrected chi connectivity index (χ4v) is 4.99. The number of benzene rings is 3. The summed E-state index contributed by atoms with van der Waals surface area (Å²) in [5.74, 6) is 0.895. The fourth-order valence-electron chi connectivity index (χ4n) is 3.11. The second kappa shape index (κ2) is 11.3. The van der Waals surface area contributed by atoms with E-state index in [9.17, 15) is 4.79 Å². The normalized spacial score (nSPS) is 15.6. The van der Waals surface area contributed by atoms with E-state index in [4.69, 9.17) is 32.7 Å². The minimum Gasteiger partial charge on any atom is -0.490 e. The monoisotopic (exact) mass is 576 g/mol. The van der Waals surface area contributed by atoms with Gasteiger partial charge in [-0.3, -0.25) is 4.79 Å². The average Bonchev–Trinajstić information content (AvgIpc) is 3.13. The Morgan fingerprint density at radius 3 is 2.62 bits per heavy atom. The van der Waals surface area contributed by atoms with Crippen molar-refractivity contribution < 1.29 is 14.3 Å². The molecule has 0 spiro atoms. The van der Waals surface area contributed by atoms with E-state index >= 15 is 0 Å². The maximum Gasteiger partial charge on any atom is 0.264 e. The van der Waals surface area contributed by atoms with Crippen LogP contribution in [0.4, 0.5) is 5.69 Å². The highest BCUT2D eigenvalue weighted by molar-refractivity contribution is 9.10. The van der Waals surface area contributed by atoms with Crippen LogP contribution in [-0.4, -0.2) is 17.7 Å². The van der Waals surface area contributed by atoms with Crippen molar-refractivity contribution in [2.75, 3.05) is 6.61 Å². The van der Waals surface area contributed by atoms with Gasteiger partial charge >= 0.3 is 0 Å². The molecule has 1 amide bonds. The lowest BCUT2D eigenvalue weighted by Gasteiger charge is -2.15. The van der Waals surface area contributed by atoms with E-state index in [1.807, 2.05) is 55.5 Å². The number of nitrogens with one attached hydrogen (secondary N) is 1. The third-order valence-corrected chi connectivity index (χ3v) is 6.74. The largest absolute Gasteiger partial charge is 0.490 e. The van der Waals surface area contributed by atoms with Gasteiger partial charge < -0.3 is 14.8 Å². The molecule has 34 heavy (non-hydrogen) atoms. The minimum atomic E-state index is -0.202. The van der Waals surface area contributed by atoms with E-state index in [-0.39, 0.29) is 12.5 Å². The SMILES string of the molecule is CCOc1cc(/C=C2\SC(=Nc3ccccc3)NC2=O)cc(Br)c1OCc1ccc(Cl)cc1Cl. The number of hydrogen-bond acceptors (Lipinski definition) is 5. The third kappa shape index (κ3) is 6.16. The number of halogens is 3. The van der Waals surface area contributed by atoms with Gasteiger partial charge in [-0.1, -0.05) is 47.5 Å². The molecule has 3 aromatic carbocycles. The quantitative estimate of drug-likeness (QED) is 0.293. The van der Waals surface area contributed by atoms with Crippen molar-refractivity contribution in [3.05, 3.63) is 91.2 Å². The van der Waals surface area contributed by atoms with Gasteiger partial charge in [-0.2, -0.15) is 0 Å². The van der Waals surface area contributed by atoms with Crippen LogP contribution in [0.3, 0.4) is 0 Å². The second-order valence-corrected chi connectivity index (χ2v) is 9.83. The van der Waals surface area contributed by atoms with Gasteiger partial charge in [0.15, 0.2) is 16.7 Å². The standard InChI is InChI=1S/C25H19BrCl2N2O3S/c1-2-32-21-11-15(10-19(26)23(21)33-14-16-8-9-17(27)13-20(16)28)12-22-24(31)30-25(34-22)29-18-6-4-3-5-7-18/h3-13H,2,14H2,1H3,(H,29,30,31)/b22-12-. The lowest BCUT2D eigenvalue weighted by Crippen LogP contribution is -2.19. The molecule has 174 valence electrons. The zero-order chi connectivity index (χ0) is 24.1. The molecule has 0 aromatic heterocycles. The van der Waals surface area contributed by atoms with Gasteiger partial charge in [-0.15, -0.1) is 0 Å². The van der Waals surface area contributed by atoms with Gasteiger partial charge in [0.05, 0.1) is 21.7 Å². The number of thioether (sulfide) groups is 1. The third-order valence-electron chi connectivity index (χ3n) is 4.65. The zero-order valence-corrected chi connectivity index (χ0v) is 21.9. The Labute approximate surface area is 220 Å². The van der Waals surface area contributed by atoms with E-state index in [1.54, 1.807) is 18.2 Å². The number of para-hydroxylation sites is 1. The molecule has 0 saturated carbocycles. The van der Waals surface area contributed by atoms with Crippen LogP contribution in [0.1, 0.15) is 18.1 Å². The second-order valence-electron chi connectivity index (χ2n) is 7.10. The summed E-state index contributed by atoms with van der Waals surface area (Å²) in [6.07, 6.45) is 1.79. The summed E-state index contributed by atoms with van der Waals surface area (Å²) in [4.78, 5) is 17.5. The minimum absolute atomic E-state index is 0.202. The Morgan fingerprint density at radius 1 is 1.09 bits per heavy atom. The molecular formula is C25H19BrCl2N2O3S. The van der Waals surface area contributed by atoms with Gasteiger partial charge in [0.25, 0.3) is 5.91 Å². The van der Waals surface area contributed by atoms with Crippen LogP contribution in [0, 0.1) is 0 Å². The summed E-state index contributed by atoms with van der Waals surface area (Å²) in [7, 11) is 0. The van der Waals surface area contributed by atoms with E-state index in [2.05, 4.69) is 26.2 Å². The highest BCUT2D eigenvalue weighted by Gasteiger charge is 2.24. The van der Waals surface area contributed by atoms with Crippen LogP contribution >= 0.6 is 50.9 Å². The molecule has 0 atom stereocenters. The zero-order valence-electron chi connectivity index (χ0n) is 18.0. The molecule has 1 aliphatic rings. The van der Waals surface area contributed by atoms with Crippen molar-refractivity contribution in [1.82, 2.24) is 5.32 Å². The van der Waals surface area contributed by atoms with Crippen LogP contribution in [0.5, 0.6) is 11.5 Å². The van der Waals surface area contributed by atoms with Crippen LogP contribution in [-0.2, 0) is 11.4 Å². The molecule has 0 bridgehead atoms. The van der Waals surface area contributed by atoms with Gasteiger partial charge in [0.2, 0.25) is 0 Å². The van der Waals surface area contributed by atoms with E-state index in [1.165, 1.54) is 11.8 Å². The van der Waals surface area contributed by atoms with Crippen molar-refractivity contribution in [2.45, 2.75) is 13.5 Å². The van der Waals surface area contributed by atoms with E-state index in [0.29, 0.717) is 42.7 Å². The Hall–Kier alpha value is -2.45. The predicted molar refractivity (Wildman–Crippen MR) is 143 cm³/mol. The molecule has 0 radical (unpaired) electrons. The molecular weight excluding hydrogens is 559 g/mol. The number of nitrogens with zero attached hydrogens (tertiary/aromatic N) is 1.